The maximum atomic E-state index is 11.7. The van der Waals surface area contributed by atoms with Gasteiger partial charge in [0, 0.05) is 20.8 Å². The Morgan fingerprint density at radius 3 is 2.52 bits per heavy atom. The molecular weight excluding hydrogens is 449 g/mol. The lowest BCUT2D eigenvalue weighted by Crippen LogP contribution is -2.13. The third-order valence-corrected chi connectivity index (χ3v) is 5.20. The molecule has 0 saturated heterocycles. The van der Waals surface area contributed by atoms with Gasteiger partial charge in [0.2, 0.25) is 13.5 Å². The molecule has 0 spiro atoms. The van der Waals surface area contributed by atoms with E-state index in [0.717, 1.165) is 18.9 Å². The van der Waals surface area contributed by atoms with Crippen LogP contribution >= 0.6 is 31.6 Å². The fourth-order valence-corrected chi connectivity index (χ4v) is 3.05. The number of thioether (sulfide) groups is 1. The number of nitrogen functional groups attached to an aromatic ring is 1. The molecule has 2 heterocycles. The normalized spacial score (nSPS) is 11.2. The number of aromatic nitrogens is 4. The number of hydrogen-bond donors (Lipinski definition) is 7. The van der Waals surface area contributed by atoms with Crippen LogP contribution in [0.3, 0.4) is 0 Å². The zero-order valence-corrected chi connectivity index (χ0v) is 18.3. The van der Waals surface area contributed by atoms with E-state index >= 15 is 0 Å². The fourth-order valence-electron chi connectivity index (χ4n) is 1.72. The van der Waals surface area contributed by atoms with Crippen molar-refractivity contribution in [3.63, 3.8) is 0 Å². The molecule has 0 aliphatic carbocycles. The molecule has 1 unspecified atom stereocenters. The van der Waals surface area contributed by atoms with Gasteiger partial charge in [-0.1, -0.05) is 24.0 Å². The van der Waals surface area contributed by atoms with Gasteiger partial charge < -0.3 is 39.8 Å². The number of aliphatic hydroxyl groups is 3. The molecule has 0 fully saturated rings. The predicted octanol–water partition coefficient (Wildman–Crippen LogP) is -0.722. The van der Waals surface area contributed by atoms with Crippen LogP contribution in [0.5, 0.6) is 0 Å². The molecule has 166 valence electrons. The minimum absolute atomic E-state index is 0.0166. The first-order valence-electron chi connectivity index (χ1n) is 7.77. The molecule has 2 aromatic rings. The zero-order valence-electron chi connectivity index (χ0n) is 15.7. The topological polar surface area (TPSA) is 206 Å². The Kier molecular flexibility index (Phi) is 14.6. The van der Waals surface area contributed by atoms with Crippen molar-refractivity contribution in [2.75, 3.05) is 45.5 Å². The molecule has 2 rings (SSSR count). The van der Waals surface area contributed by atoms with Gasteiger partial charge in [-0.05, 0) is 0 Å². The van der Waals surface area contributed by atoms with Crippen LogP contribution in [0, 0.1) is 0 Å². The summed E-state index contributed by atoms with van der Waals surface area (Å²) in [5.74, 6) is -1.28. The van der Waals surface area contributed by atoms with Crippen molar-refractivity contribution in [2.45, 2.75) is 11.7 Å². The minimum atomic E-state index is -1.05. The maximum absolute atomic E-state index is 11.7. The number of aromatic amines is 1. The number of carboxylic acid groups (broad SMARTS) is 1. The summed E-state index contributed by atoms with van der Waals surface area (Å²) in [7, 11) is 1.46. The number of carbonyl (C=O) groups is 1. The summed E-state index contributed by atoms with van der Waals surface area (Å²) >= 11 is 4.82. The highest BCUT2D eigenvalue weighted by molar-refractivity contribution is 8.41. The van der Waals surface area contributed by atoms with Gasteiger partial charge in [0.15, 0.2) is 16.3 Å². The van der Waals surface area contributed by atoms with E-state index in [1.165, 1.54) is 11.7 Å². The molecule has 0 aliphatic rings. The first-order chi connectivity index (χ1) is 13.8. The molecular formula is C13H24N5O8PS2. The van der Waals surface area contributed by atoms with E-state index in [4.69, 9.17) is 30.7 Å². The van der Waals surface area contributed by atoms with Crippen LogP contribution in [0.25, 0.3) is 11.2 Å². The van der Waals surface area contributed by atoms with Crippen molar-refractivity contribution in [3.05, 3.63) is 10.4 Å². The van der Waals surface area contributed by atoms with Crippen LogP contribution in [-0.2, 0) is 20.4 Å². The molecule has 0 amide bonds. The Morgan fingerprint density at radius 2 is 2.00 bits per heavy atom. The standard InChI is InChI=1S/C9H11N5O4S.C3H9O3PS.CH4O/c10-8-12-6-5(7(18)13-8)11-9(14(6)1-2-15)19-3-4(16)17;1-5-7(8)6-3-2-4;1-2/h15H,1-3H2,(H,16,17)(H3,10,12,13,18);4,8H,2-3H2,1H3;2H,1H3. The van der Waals surface area contributed by atoms with Crippen molar-refractivity contribution in [1.82, 2.24) is 19.5 Å². The van der Waals surface area contributed by atoms with Crippen LogP contribution < -0.4 is 11.3 Å². The van der Waals surface area contributed by atoms with E-state index in [1.54, 1.807) is 0 Å². The number of thiol groups is 1. The number of nitrogens with one attached hydrogen (secondary N) is 1. The smallest absolute Gasteiger partial charge is 0.313 e. The number of imidazole rings is 1. The van der Waals surface area contributed by atoms with Gasteiger partial charge in [-0.2, -0.15) is 4.98 Å². The molecule has 29 heavy (non-hydrogen) atoms. The van der Waals surface area contributed by atoms with Crippen molar-refractivity contribution in [1.29, 1.82) is 0 Å². The van der Waals surface area contributed by atoms with Crippen LogP contribution in [-0.4, -0.2) is 85.7 Å². The lowest BCUT2D eigenvalue weighted by Gasteiger charge is -2.05. The summed E-state index contributed by atoms with van der Waals surface area (Å²) in [6, 6.07) is 0. The molecule has 0 aliphatic heterocycles. The van der Waals surface area contributed by atoms with Gasteiger partial charge in [0.25, 0.3) is 5.56 Å². The van der Waals surface area contributed by atoms with Gasteiger partial charge in [0.05, 0.1) is 25.6 Å². The van der Waals surface area contributed by atoms with Gasteiger partial charge in [-0.15, -0.1) is 0 Å². The highest BCUT2D eigenvalue weighted by Crippen LogP contribution is 2.41. The quantitative estimate of drug-likeness (QED) is 0.137. The number of aliphatic carboxylic acids is 1. The third-order valence-electron chi connectivity index (χ3n) is 2.69. The van der Waals surface area contributed by atoms with E-state index in [2.05, 4.69) is 31.7 Å². The van der Waals surface area contributed by atoms with E-state index in [9.17, 15) is 9.59 Å². The van der Waals surface area contributed by atoms with E-state index < -0.39 is 19.1 Å². The van der Waals surface area contributed by atoms with Gasteiger partial charge in [0.1, 0.15) is 0 Å². The van der Waals surface area contributed by atoms with Crippen molar-refractivity contribution in [2.24, 2.45) is 0 Å². The summed E-state index contributed by atoms with van der Waals surface area (Å²) in [5, 5.41) is 33.2. The molecule has 0 aromatic carbocycles. The monoisotopic (exact) mass is 473 g/mol. The number of H-pyrrole nitrogens is 1. The summed E-state index contributed by atoms with van der Waals surface area (Å²) in [5.41, 5.74) is 5.24. The lowest BCUT2D eigenvalue weighted by molar-refractivity contribution is -0.133. The zero-order chi connectivity index (χ0) is 22.4. The van der Waals surface area contributed by atoms with E-state index in [-0.39, 0.29) is 42.6 Å². The third kappa shape index (κ3) is 9.73. The number of hydrogen-bond acceptors (Lipinski definition) is 12. The van der Waals surface area contributed by atoms with Crippen molar-refractivity contribution in [3.8, 4) is 0 Å². The second kappa shape index (κ2) is 15.4. The first kappa shape index (κ1) is 27.5. The Morgan fingerprint density at radius 1 is 1.34 bits per heavy atom. The van der Waals surface area contributed by atoms with Crippen LogP contribution in [0.4, 0.5) is 5.95 Å². The SMILES string of the molecule is CO.COP(S)OCCO.Nc1nc2c(nc(SCC(=O)O)n2CCO)c(=O)[nH]1. The Bertz CT molecular complexity index is 805. The molecule has 0 bridgehead atoms. The average Bonchev–Trinajstić information content (AvgIpc) is 3.04. The predicted molar refractivity (Wildman–Crippen MR) is 112 cm³/mol. The Labute approximate surface area is 176 Å². The second-order valence-electron chi connectivity index (χ2n) is 4.55. The number of nitrogens with two attached hydrogens (primary N) is 1. The summed E-state index contributed by atoms with van der Waals surface area (Å²) in [6.07, 6.45) is 0. The second-order valence-corrected chi connectivity index (χ2v) is 7.57. The van der Waals surface area contributed by atoms with E-state index in [1.807, 2.05) is 0 Å². The van der Waals surface area contributed by atoms with Gasteiger partial charge >= 0.3 is 5.97 Å². The average molecular weight is 473 g/mol. The number of anilines is 1. The van der Waals surface area contributed by atoms with Crippen LogP contribution in [0.2, 0.25) is 0 Å². The minimum Gasteiger partial charge on any atom is -0.481 e. The van der Waals surface area contributed by atoms with Crippen molar-refractivity contribution < 1.29 is 34.3 Å². The van der Waals surface area contributed by atoms with Gasteiger partial charge in [-0.25, -0.2) is 4.98 Å². The summed E-state index contributed by atoms with van der Waals surface area (Å²) in [4.78, 5) is 32.5. The van der Waals surface area contributed by atoms with Crippen molar-refractivity contribution >= 4 is 54.7 Å². The highest BCUT2D eigenvalue weighted by Gasteiger charge is 2.16. The number of nitrogens with zero attached hydrogens (tertiary/aromatic N) is 3. The largest absolute Gasteiger partial charge is 0.481 e. The first-order valence-corrected chi connectivity index (χ1v) is 11.1. The molecule has 16 heteroatoms. The highest BCUT2D eigenvalue weighted by atomic mass is 32.7. The Hall–Kier alpha value is -1.45. The number of rotatable bonds is 9. The lowest BCUT2D eigenvalue weighted by atomic mass is 10.5. The van der Waals surface area contributed by atoms with Crippen LogP contribution in [0.1, 0.15) is 0 Å². The molecule has 0 radical (unpaired) electrons. The summed E-state index contributed by atoms with van der Waals surface area (Å²) in [6.45, 7) is 0.265. The molecule has 13 nitrogen and oxygen atoms in total. The number of carboxylic acids is 1. The Balaban J connectivity index is 0.000000664. The maximum Gasteiger partial charge on any atom is 0.313 e. The fraction of sp³-hybridized carbons (Fsp3) is 0.538. The van der Waals surface area contributed by atoms with Gasteiger partial charge in [-0.3, -0.25) is 14.6 Å². The number of fused-ring (bicyclic) bond motifs is 1. The molecule has 0 saturated carbocycles. The van der Waals surface area contributed by atoms with E-state index in [0.29, 0.717) is 11.8 Å². The molecule has 2 aromatic heterocycles. The molecule has 7 N–H and O–H groups in total. The number of aliphatic hydroxyl groups excluding tert-OH is 3. The summed E-state index contributed by atoms with van der Waals surface area (Å²) < 4.78 is 10.9. The van der Waals surface area contributed by atoms with Crippen LogP contribution in [0.15, 0.2) is 9.95 Å². The molecule has 1 atom stereocenters.